The second kappa shape index (κ2) is 10.7. The summed E-state index contributed by atoms with van der Waals surface area (Å²) in [5.41, 5.74) is 4.55. The van der Waals surface area contributed by atoms with Crippen molar-refractivity contribution in [3.63, 3.8) is 0 Å². The van der Waals surface area contributed by atoms with Gasteiger partial charge < -0.3 is 9.72 Å². The van der Waals surface area contributed by atoms with Crippen LogP contribution in [0.3, 0.4) is 0 Å². The summed E-state index contributed by atoms with van der Waals surface area (Å²) in [6.07, 6.45) is 10.5. The number of nitrogens with zero attached hydrogens (tertiary/aromatic N) is 1. The van der Waals surface area contributed by atoms with Gasteiger partial charge in [-0.05, 0) is 42.7 Å². The lowest BCUT2D eigenvalue weighted by Crippen LogP contribution is -1.97. The minimum Gasteiger partial charge on any atom is -0.494 e. The van der Waals surface area contributed by atoms with E-state index in [2.05, 4.69) is 55.2 Å². The van der Waals surface area contributed by atoms with Crippen LogP contribution >= 0.6 is 0 Å². The van der Waals surface area contributed by atoms with Gasteiger partial charge in [0, 0.05) is 17.3 Å². The van der Waals surface area contributed by atoms with Crippen LogP contribution in [0.5, 0.6) is 5.75 Å². The molecule has 0 saturated carbocycles. The topological polar surface area (TPSA) is 37.9 Å². The Morgan fingerprint density at radius 3 is 2.21 bits per heavy atom. The van der Waals surface area contributed by atoms with Gasteiger partial charge in [0.2, 0.25) is 0 Å². The number of hydrogen-bond acceptors (Lipinski definition) is 2. The molecule has 2 aromatic carbocycles. The Bertz CT molecular complexity index is 819. The average Bonchev–Trinajstić information content (AvgIpc) is 3.22. The fourth-order valence-electron chi connectivity index (χ4n) is 3.35. The van der Waals surface area contributed by atoms with Gasteiger partial charge in [-0.1, -0.05) is 70.2 Å². The Morgan fingerprint density at radius 1 is 0.786 bits per heavy atom. The predicted molar refractivity (Wildman–Crippen MR) is 118 cm³/mol. The lowest BCUT2D eigenvalue weighted by Gasteiger charge is -2.06. The van der Waals surface area contributed by atoms with Crippen LogP contribution in [0.25, 0.3) is 22.6 Å². The number of benzene rings is 2. The molecule has 28 heavy (non-hydrogen) atoms. The molecule has 3 rings (SSSR count). The molecule has 0 aliphatic carbocycles. The van der Waals surface area contributed by atoms with Crippen LogP contribution in [-0.2, 0) is 6.42 Å². The second-order valence-electron chi connectivity index (χ2n) is 7.37. The molecular weight excluding hydrogens is 344 g/mol. The Labute approximate surface area is 169 Å². The highest BCUT2D eigenvalue weighted by Crippen LogP contribution is 2.24. The largest absolute Gasteiger partial charge is 0.494 e. The molecule has 0 amide bonds. The van der Waals surface area contributed by atoms with Crippen molar-refractivity contribution in [2.24, 2.45) is 0 Å². The SMILES string of the molecule is CCCCCCCOc1ccc(-c2c[nH]c(-c3ccc(CCC)cc3)n2)cc1. The molecule has 0 saturated heterocycles. The average molecular weight is 377 g/mol. The Balaban J connectivity index is 1.56. The summed E-state index contributed by atoms with van der Waals surface area (Å²) in [5, 5.41) is 0. The van der Waals surface area contributed by atoms with Crippen LogP contribution in [0.1, 0.15) is 57.9 Å². The lowest BCUT2D eigenvalue weighted by atomic mass is 10.1. The van der Waals surface area contributed by atoms with Crippen molar-refractivity contribution in [3.8, 4) is 28.4 Å². The highest BCUT2D eigenvalue weighted by atomic mass is 16.5. The maximum Gasteiger partial charge on any atom is 0.138 e. The standard InChI is InChI=1S/C25H32N2O/c1-3-5-6-7-8-18-28-23-16-14-21(15-17-23)24-19-26-25(27-24)22-12-10-20(9-4-2)11-13-22/h10-17,19H,3-9,18H2,1-2H3,(H,26,27). The van der Waals surface area contributed by atoms with Crippen molar-refractivity contribution in [2.45, 2.75) is 58.8 Å². The number of aromatic nitrogens is 2. The Kier molecular flexibility index (Phi) is 7.71. The highest BCUT2D eigenvalue weighted by molar-refractivity contribution is 5.65. The zero-order valence-corrected chi connectivity index (χ0v) is 17.2. The number of ether oxygens (including phenoxy) is 1. The first kappa shape index (κ1) is 20.2. The van der Waals surface area contributed by atoms with Gasteiger partial charge >= 0.3 is 0 Å². The summed E-state index contributed by atoms with van der Waals surface area (Å²) in [7, 11) is 0. The van der Waals surface area contributed by atoms with Crippen molar-refractivity contribution in [3.05, 3.63) is 60.3 Å². The highest BCUT2D eigenvalue weighted by Gasteiger charge is 2.06. The van der Waals surface area contributed by atoms with Gasteiger partial charge in [0.05, 0.1) is 12.3 Å². The van der Waals surface area contributed by atoms with E-state index in [1.807, 2.05) is 18.3 Å². The summed E-state index contributed by atoms with van der Waals surface area (Å²) >= 11 is 0. The van der Waals surface area contributed by atoms with E-state index in [1.165, 1.54) is 37.7 Å². The van der Waals surface area contributed by atoms with E-state index in [-0.39, 0.29) is 0 Å². The van der Waals surface area contributed by atoms with Gasteiger partial charge in [0.25, 0.3) is 0 Å². The molecule has 1 aromatic heterocycles. The molecule has 0 spiro atoms. The second-order valence-corrected chi connectivity index (χ2v) is 7.37. The number of hydrogen-bond donors (Lipinski definition) is 1. The first-order chi connectivity index (χ1) is 13.8. The van der Waals surface area contributed by atoms with Crippen molar-refractivity contribution >= 4 is 0 Å². The van der Waals surface area contributed by atoms with Crippen molar-refractivity contribution in [1.82, 2.24) is 9.97 Å². The number of aryl methyl sites for hydroxylation is 1. The lowest BCUT2D eigenvalue weighted by molar-refractivity contribution is 0.304. The van der Waals surface area contributed by atoms with Gasteiger partial charge in [-0.3, -0.25) is 0 Å². The third kappa shape index (κ3) is 5.72. The summed E-state index contributed by atoms with van der Waals surface area (Å²) < 4.78 is 5.85. The zero-order valence-electron chi connectivity index (χ0n) is 17.2. The molecule has 0 atom stereocenters. The van der Waals surface area contributed by atoms with Crippen molar-refractivity contribution < 1.29 is 4.74 Å². The molecule has 3 nitrogen and oxygen atoms in total. The van der Waals surface area contributed by atoms with Crippen LogP contribution in [0.2, 0.25) is 0 Å². The summed E-state index contributed by atoms with van der Waals surface area (Å²) in [6.45, 7) is 5.24. The molecule has 0 aliphatic heterocycles. The van der Waals surface area contributed by atoms with E-state index >= 15 is 0 Å². The Hall–Kier alpha value is -2.55. The molecule has 1 heterocycles. The van der Waals surface area contributed by atoms with Gasteiger partial charge in [0.15, 0.2) is 0 Å². The molecule has 3 aromatic rings. The van der Waals surface area contributed by atoms with E-state index in [0.717, 1.165) is 47.8 Å². The van der Waals surface area contributed by atoms with E-state index in [0.29, 0.717) is 0 Å². The van der Waals surface area contributed by atoms with Gasteiger partial charge in [-0.15, -0.1) is 0 Å². The van der Waals surface area contributed by atoms with Crippen molar-refractivity contribution in [2.75, 3.05) is 6.61 Å². The minimum atomic E-state index is 0.795. The number of aromatic amines is 1. The van der Waals surface area contributed by atoms with Crippen LogP contribution in [0, 0.1) is 0 Å². The van der Waals surface area contributed by atoms with E-state index in [9.17, 15) is 0 Å². The number of H-pyrrole nitrogens is 1. The number of nitrogens with one attached hydrogen (secondary N) is 1. The molecule has 1 N–H and O–H groups in total. The molecule has 0 bridgehead atoms. The van der Waals surface area contributed by atoms with Gasteiger partial charge in [-0.2, -0.15) is 0 Å². The van der Waals surface area contributed by atoms with E-state index in [4.69, 9.17) is 9.72 Å². The predicted octanol–water partition coefficient (Wildman–Crippen LogP) is 7.05. The van der Waals surface area contributed by atoms with Crippen LogP contribution in [-0.4, -0.2) is 16.6 Å². The van der Waals surface area contributed by atoms with E-state index in [1.54, 1.807) is 0 Å². The molecule has 148 valence electrons. The number of unbranched alkanes of at least 4 members (excludes halogenated alkanes) is 4. The fraction of sp³-hybridized carbons (Fsp3) is 0.400. The molecular formula is C25H32N2O. The van der Waals surface area contributed by atoms with Crippen LogP contribution in [0.4, 0.5) is 0 Å². The van der Waals surface area contributed by atoms with Crippen LogP contribution in [0.15, 0.2) is 54.7 Å². The summed E-state index contributed by atoms with van der Waals surface area (Å²) in [5.74, 6) is 1.84. The molecule has 0 fully saturated rings. The van der Waals surface area contributed by atoms with E-state index < -0.39 is 0 Å². The van der Waals surface area contributed by atoms with Crippen LogP contribution < -0.4 is 4.74 Å². The first-order valence-corrected chi connectivity index (χ1v) is 10.7. The zero-order chi connectivity index (χ0) is 19.6. The summed E-state index contributed by atoms with van der Waals surface area (Å²) in [4.78, 5) is 8.07. The molecule has 0 unspecified atom stereocenters. The van der Waals surface area contributed by atoms with Gasteiger partial charge in [0.1, 0.15) is 11.6 Å². The molecule has 0 radical (unpaired) electrons. The number of rotatable bonds is 11. The first-order valence-electron chi connectivity index (χ1n) is 10.7. The monoisotopic (exact) mass is 376 g/mol. The van der Waals surface area contributed by atoms with Crippen molar-refractivity contribution in [1.29, 1.82) is 0 Å². The fourth-order valence-corrected chi connectivity index (χ4v) is 3.35. The quantitative estimate of drug-likeness (QED) is 0.364. The number of imidazole rings is 1. The smallest absolute Gasteiger partial charge is 0.138 e. The molecule has 0 aliphatic rings. The normalized spacial score (nSPS) is 10.9. The Morgan fingerprint density at radius 2 is 1.50 bits per heavy atom. The molecule has 3 heteroatoms. The maximum absolute atomic E-state index is 5.85. The third-order valence-corrected chi connectivity index (χ3v) is 5.01. The third-order valence-electron chi connectivity index (χ3n) is 5.01. The maximum atomic E-state index is 5.85. The minimum absolute atomic E-state index is 0.795. The summed E-state index contributed by atoms with van der Waals surface area (Å²) in [6, 6.07) is 16.9. The van der Waals surface area contributed by atoms with Gasteiger partial charge in [-0.25, -0.2) is 4.98 Å².